The van der Waals surface area contributed by atoms with Crippen LogP contribution in [0.5, 0.6) is 0 Å². The van der Waals surface area contributed by atoms with Crippen LogP contribution in [0.15, 0.2) is 36.9 Å². The molecule has 1 aromatic rings. The Bertz CT molecular complexity index is 452. The van der Waals surface area contributed by atoms with Crippen molar-refractivity contribution in [3.63, 3.8) is 0 Å². The molecule has 82 valence electrons. The average molecular weight is 213 g/mol. The van der Waals surface area contributed by atoms with E-state index in [0.717, 1.165) is 6.42 Å². The van der Waals surface area contributed by atoms with E-state index in [-0.39, 0.29) is 5.91 Å². The van der Waals surface area contributed by atoms with E-state index < -0.39 is 0 Å². The van der Waals surface area contributed by atoms with Crippen molar-refractivity contribution in [2.75, 3.05) is 6.54 Å². The van der Waals surface area contributed by atoms with Gasteiger partial charge >= 0.3 is 0 Å². The van der Waals surface area contributed by atoms with Crippen molar-refractivity contribution in [1.29, 1.82) is 0 Å². The number of nitrogens with zero attached hydrogens (tertiary/aromatic N) is 1. The van der Waals surface area contributed by atoms with Gasteiger partial charge in [-0.1, -0.05) is 30.3 Å². The Morgan fingerprint density at radius 2 is 2.19 bits per heavy atom. The van der Waals surface area contributed by atoms with Crippen LogP contribution in [0.3, 0.4) is 0 Å². The fourth-order valence-corrected chi connectivity index (χ4v) is 3.11. The largest absolute Gasteiger partial charge is 0.332 e. The molecule has 0 unspecified atom stereocenters. The van der Waals surface area contributed by atoms with Crippen molar-refractivity contribution < 1.29 is 4.79 Å². The lowest BCUT2D eigenvalue weighted by atomic mass is 10.0. The van der Waals surface area contributed by atoms with Gasteiger partial charge in [0.05, 0.1) is 6.04 Å². The van der Waals surface area contributed by atoms with E-state index >= 15 is 0 Å². The van der Waals surface area contributed by atoms with Gasteiger partial charge in [0.25, 0.3) is 0 Å². The lowest BCUT2D eigenvalue weighted by molar-refractivity contribution is -0.128. The number of carbonyl (C=O) groups excluding carboxylic acids is 1. The van der Waals surface area contributed by atoms with Gasteiger partial charge in [-0.15, -0.1) is 6.58 Å². The predicted octanol–water partition coefficient (Wildman–Crippen LogP) is 2.32. The van der Waals surface area contributed by atoms with Gasteiger partial charge in [0.1, 0.15) is 0 Å². The lowest BCUT2D eigenvalue weighted by Gasteiger charge is -2.23. The standard InChI is InChI=1S/C14H15NO/c1-2-7-15-13(16)9-11-8-10-5-3-4-6-12(10)14(11)15/h2-6,11,14H,1,7-9H2/t11-,14+/m1/s1. The molecule has 2 atom stereocenters. The molecular weight excluding hydrogens is 198 g/mol. The molecule has 1 amide bonds. The van der Waals surface area contributed by atoms with Gasteiger partial charge in [-0.05, 0) is 23.5 Å². The molecule has 0 radical (unpaired) electrons. The normalized spacial score (nSPS) is 26.8. The zero-order valence-corrected chi connectivity index (χ0v) is 9.23. The number of carbonyl (C=O) groups is 1. The van der Waals surface area contributed by atoms with E-state index in [2.05, 4.69) is 30.8 Å². The van der Waals surface area contributed by atoms with Crippen molar-refractivity contribution in [3.8, 4) is 0 Å². The zero-order valence-electron chi connectivity index (χ0n) is 9.23. The first-order chi connectivity index (χ1) is 7.81. The Morgan fingerprint density at radius 1 is 1.38 bits per heavy atom. The van der Waals surface area contributed by atoms with E-state index in [1.807, 2.05) is 11.0 Å². The summed E-state index contributed by atoms with van der Waals surface area (Å²) in [6, 6.07) is 8.80. The Morgan fingerprint density at radius 3 is 3.00 bits per heavy atom. The van der Waals surface area contributed by atoms with Crippen LogP contribution in [0.4, 0.5) is 0 Å². The molecule has 3 rings (SSSR count). The van der Waals surface area contributed by atoms with E-state index in [1.54, 1.807) is 0 Å². The second-order valence-corrected chi connectivity index (χ2v) is 4.65. The van der Waals surface area contributed by atoms with Gasteiger partial charge in [0.2, 0.25) is 5.91 Å². The highest BCUT2D eigenvalue weighted by Crippen LogP contribution is 2.46. The van der Waals surface area contributed by atoms with E-state index in [1.165, 1.54) is 11.1 Å². The number of rotatable bonds is 2. The summed E-state index contributed by atoms with van der Waals surface area (Å²) in [5, 5.41) is 0. The quantitative estimate of drug-likeness (QED) is 0.690. The SMILES string of the molecule is C=CCN1C(=O)C[C@H]2Cc3ccccc3[C@H]21. The summed E-state index contributed by atoms with van der Waals surface area (Å²) in [6.45, 7) is 4.41. The molecular formula is C14H15NO. The number of hydrogen-bond donors (Lipinski definition) is 0. The Labute approximate surface area is 95.6 Å². The molecule has 0 spiro atoms. The molecule has 2 heteroatoms. The Kier molecular flexibility index (Phi) is 2.10. The fourth-order valence-electron chi connectivity index (χ4n) is 3.11. The molecule has 2 nitrogen and oxygen atoms in total. The van der Waals surface area contributed by atoms with Crippen molar-refractivity contribution >= 4 is 5.91 Å². The van der Waals surface area contributed by atoms with Crippen LogP contribution in [0, 0.1) is 5.92 Å². The molecule has 1 aliphatic carbocycles. The van der Waals surface area contributed by atoms with Gasteiger partial charge in [-0.3, -0.25) is 4.79 Å². The van der Waals surface area contributed by atoms with Crippen LogP contribution in [0.2, 0.25) is 0 Å². The van der Waals surface area contributed by atoms with Crippen molar-refractivity contribution in [3.05, 3.63) is 48.0 Å². The third-order valence-electron chi connectivity index (χ3n) is 3.72. The summed E-state index contributed by atoms with van der Waals surface area (Å²) < 4.78 is 0. The third-order valence-corrected chi connectivity index (χ3v) is 3.72. The molecule has 0 saturated carbocycles. The maximum absolute atomic E-state index is 11.9. The van der Waals surface area contributed by atoms with Crippen LogP contribution in [0.25, 0.3) is 0 Å². The molecule has 0 aromatic heterocycles. The highest BCUT2D eigenvalue weighted by atomic mass is 16.2. The van der Waals surface area contributed by atoms with Gasteiger partial charge in [-0.25, -0.2) is 0 Å². The van der Waals surface area contributed by atoms with Crippen molar-refractivity contribution in [1.82, 2.24) is 4.90 Å². The summed E-state index contributed by atoms with van der Waals surface area (Å²) in [4.78, 5) is 13.8. The molecule has 1 fully saturated rings. The summed E-state index contributed by atoms with van der Waals surface area (Å²) in [7, 11) is 0. The van der Waals surface area contributed by atoms with E-state index in [0.29, 0.717) is 24.9 Å². The first kappa shape index (κ1) is 9.64. The highest BCUT2D eigenvalue weighted by Gasteiger charge is 2.44. The van der Waals surface area contributed by atoms with Gasteiger partial charge in [0, 0.05) is 13.0 Å². The van der Waals surface area contributed by atoms with Crippen LogP contribution in [0.1, 0.15) is 23.6 Å². The first-order valence-electron chi connectivity index (χ1n) is 5.79. The van der Waals surface area contributed by atoms with Gasteiger partial charge in [0.15, 0.2) is 0 Å². The summed E-state index contributed by atoms with van der Waals surface area (Å²) in [6.07, 6.45) is 3.58. The monoisotopic (exact) mass is 213 g/mol. The Hall–Kier alpha value is -1.57. The van der Waals surface area contributed by atoms with Crippen LogP contribution >= 0.6 is 0 Å². The molecule has 16 heavy (non-hydrogen) atoms. The lowest BCUT2D eigenvalue weighted by Crippen LogP contribution is -2.27. The minimum absolute atomic E-state index is 0.282. The smallest absolute Gasteiger partial charge is 0.223 e. The van der Waals surface area contributed by atoms with Gasteiger partial charge < -0.3 is 4.90 Å². The molecule has 0 bridgehead atoms. The predicted molar refractivity (Wildman–Crippen MR) is 62.9 cm³/mol. The molecule has 1 aliphatic heterocycles. The fraction of sp³-hybridized carbons (Fsp3) is 0.357. The number of hydrogen-bond acceptors (Lipinski definition) is 1. The number of benzene rings is 1. The van der Waals surface area contributed by atoms with E-state index in [4.69, 9.17) is 0 Å². The molecule has 1 heterocycles. The molecule has 1 aromatic carbocycles. The van der Waals surface area contributed by atoms with Gasteiger partial charge in [-0.2, -0.15) is 0 Å². The summed E-state index contributed by atoms with van der Waals surface area (Å²) in [5.41, 5.74) is 2.76. The minimum Gasteiger partial charge on any atom is -0.332 e. The van der Waals surface area contributed by atoms with Crippen molar-refractivity contribution in [2.24, 2.45) is 5.92 Å². The maximum Gasteiger partial charge on any atom is 0.223 e. The molecule has 1 saturated heterocycles. The van der Waals surface area contributed by atoms with Crippen molar-refractivity contribution in [2.45, 2.75) is 18.9 Å². The second-order valence-electron chi connectivity index (χ2n) is 4.65. The van der Waals surface area contributed by atoms with E-state index in [9.17, 15) is 4.79 Å². The third kappa shape index (κ3) is 1.22. The first-order valence-corrected chi connectivity index (χ1v) is 5.79. The Balaban J connectivity index is 2.01. The highest BCUT2D eigenvalue weighted by molar-refractivity contribution is 5.80. The minimum atomic E-state index is 0.282. The summed E-state index contributed by atoms with van der Waals surface area (Å²) in [5.74, 6) is 0.772. The number of fused-ring (bicyclic) bond motifs is 3. The summed E-state index contributed by atoms with van der Waals surface area (Å²) >= 11 is 0. The van der Waals surface area contributed by atoms with Crippen LogP contribution < -0.4 is 0 Å². The van der Waals surface area contributed by atoms with Crippen LogP contribution in [-0.2, 0) is 11.2 Å². The van der Waals surface area contributed by atoms with Crippen LogP contribution in [-0.4, -0.2) is 17.4 Å². The maximum atomic E-state index is 11.9. The molecule has 0 N–H and O–H groups in total. The number of likely N-dealkylation sites (tertiary alicyclic amines) is 1. The zero-order chi connectivity index (χ0) is 11.1. The number of amides is 1. The topological polar surface area (TPSA) is 20.3 Å². The average Bonchev–Trinajstić information content (AvgIpc) is 2.76. The second kappa shape index (κ2) is 3.48. The molecule has 2 aliphatic rings.